The molecule has 2 amide bonds. The number of urea groups is 1. The first-order valence-electron chi connectivity index (χ1n) is 7.30. The van der Waals surface area contributed by atoms with Gasteiger partial charge in [-0.3, -0.25) is 5.32 Å². The van der Waals surface area contributed by atoms with Crippen LogP contribution in [0.15, 0.2) is 58.7 Å². The number of carbonyl (C=O) groups is 1. The normalized spacial score (nSPS) is 11.9. The lowest BCUT2D eigenvalue weighted by Gasteiger charge is -2.24. The summed E-state index contributed by atoms with van der Waals surface area (Å²) in [4.78, 5) is 14.0. The van der Waals surface area contributed by atoms with Crippen LogP contribution in [0, 0.1) is 0 Å². The van der Waals surface area contributed by atoms with Crippen LogP contribution in [0.1, 0.15) is 17.4 Å². The molecule has 3 aromatic rings. The molecule has 0 bridgehead atoms. The third-order valence-electron chi connectivity index (χ3n) is 3.34. The maximum Gasteiger partial charge on any atom is 0.324 e. The zero-order valence-corrected chi connectivity index (χ0v) is 13.5. The van der Waals surface area contributed by atoms with E-state index >= 15 is 0 Å². The first-order valence-corrected chi connectivity index (χ1v) is 8.18. The molecule has 124 valence electrons. The van der Waals surface area contributed by atoms with Crippen molar-refractivity contribution in [3.8, 4) is 0 Å². The number of rotatable bonds is 6. The molecule has 3 rings (SSSR count). The van der Waals surface area contributed by atoms with Gasteiger partial charge in [-0.25, -0.2) is 4.79 Å². The number of benzene rings is 1. The fraction of sp³-hybridized carbons (Fsp3) is 0.188. The van der Waals surface area contributed by atoms with Crippen molar-refractivity contribution in [1.29, 1.82) is 0 Å². The number of aromatic nitrogens is 2. The lowest BCUT2D eigenvalue weighted by Crippen LogP contribution is -2.37. The maximum atomic E-state index is 12.5. The molecule has 0 aliphatic heterocycles. The van der Waals surface area contributed by atoms with Crippen LogP contribution in [-0.4, -0.2) is 32.8 Å². The van der Waals surface area contributed by atoms with Crippen LogP contribution >= 0.6 is 11.3 Å². The number of amides is 2. The maximum absolute atomic E-state index is 12.5. The third-order valence-corrected chi connectivity index (χ3v) is 3.95. The van der Waals surface area contributed by atoms with E-state index in [-0.39, 0.29) is 12.6 Å². The first kappa shape index (κ1) is 16.2. The monoisotopic (exact) mass is 344 g/mol. The summed E-state index contributed by atoms with van der Waals surface area (Å²) in [5.74, 6) is 0.414. The summed E-state index contributed by atoms with van der Waals surface area (Å²) >= 11 is 1.23. The van der Waals surface area contributed by atoms with Crippen molar-refractivity contribution in [2.45, 2.75) is 12.6 Å². The molecule has 7 nitrogen and oxygen atoms in total. The molecule has 0 aliphatic carbocycles. The Balaban J connectivity index is 1.73. The van der Waals surface area contributed by atoms with Gasteiger partial charge in [0.2, 0.25) is 5.13 Å². The van der Waals surface area contributed by atoms with Gasteiger partial charge in [0.1, 0.15) is 17.4 Å². The molecule has 0 aliphatic rings. The van der Waals surface area contributed by atoms with Crippen LogP contribution in [-0.2, 0) is 6.54 Å². The number of furan rings is 1. The molecule has 2 N–H and O–H groups in total. The number of anilines is 1. The highest BCUT2D eigenvalue weighted by molar-refractivity contribution is 7.13. The van der Waals surface area contributed by atoms with E-state index in [0.29, 0.717) is 17.4 Å². The van der Waals surface area contributed by atoms with Crippen LogP contribution < -0.4 is 5.32 Å². The molecule has 8 heteroatoms. The van der Waals surface area contributed by atoms with Crippen molar-refractivity contribution in [3.05, 3.63) is 65.6 Å². The minimum atomic E-state index is -0.913. The van der Waals surface area contributed by atoms with E-state index in [0.717, 1.165) is 5.56 Å². The topological polar surface area (TPSA) is 91.5 Å². The van der Waals surface area contributed by atoms with Crippen LogP contribution in [0.4, 0.5) is 9.93 Å². The molecule has 24 heavy (non-hydrogen) atoms. The predicted molar refractivity (Wildman–Crippen MR) is 89.4 cm³/mol. The summed E-state index contributed by atoms with van der Waals surface area (Å²) in [6.45, 7) is 0.441. The highest BCUT2D eigenvalue weighted by Crippen LogP contribution is 2.18. The number of carbonyl (C=O) groups excluding carboxylic acids is 1. The molecule has 2 aromatic heterocycles. The van der Waals surface area contributed by atoms with Crippen molar-refractivity contribution < 1.29 is 14.3 Å². The molecule has 0 saturated carbocycles. The molecule has 0 fully saturated rings. The van der Waals surface area contributed by atoms with Crippen LogP contribution in [0.2, 0.25) is 0 Å². The quantitative estimate of drug-likeness (QED) is 0.717. The van der Waals surface area contributed by atoms with Gasteiger partial charge in [-0.05, 0) is 17.7 Å². The Kier molecular flexibility index (Phi) is 5.19. The zero-order chi connectivity index (χ0) is 16.8. The van der Waals surface area contributed by atoms with Gasteiger partial charge in [0.05, 0.1) is 12.8 Å². The second-order valence-corrected chi connectivity index (χ2v) is 5.90. The number of hydrogen-bond acceptors (Lipinski definition) is 6. The van der Waals surface area contributed by atoms with Gasteiger partial charge in [0, 0.05) is 6.54 Å². The molecule has 0 radical (unpaired) electrons. The second kappa shape index (κ2) is 7.71. The van der Waals surface area contributed by atoms with Gasteiger partial charge in [-0.2, -0.15) is 0 Å². The van der Waals surface area contributed by atoms with Gasteiger partial charge in [-0.15, -0.1) is 10.2 Å². The number of hydrogen-bond donors (Lipinski definition) is 2. The number of aliphatic hydroxyl groups excluding tert-OH is 1. The Labute approximate surface area is 142 Å². The minimum Gasteiger partial charge on any atom is -0.467 e. The minimum absolute atomic E-state index is 0.0903. The second-order valence-electron chi connectivity index (χ2n) is 5.07. The van der Waals surface area contributed by atoms with Crippen molar-refractivity contribution >= 4 is 22.5 Å². The summed E-state index contributed by atoms with van der Waals surface area (Å²) in [5, 5.41) is 20.9. The van der Waals surface area contributed by atoms with Crippen molar-refractivity contribution in [2.24, 2.45) is 0 Å². The fourth-order valence-corrected chi connectivity index (χ4v) is 2.64. The van der Waals surface area contributed by atoms with Gasteiger partial charge in [0.25, 0.3) is 0 Å². The van der Waals surface area contributed by atoms with E-state index in [2.05, 4.69) is 15.5 Å². The van der Waals surface area contributed by atoms with E-state index < -0.39 is 6.10 Å². The predicted octanol–water partition coefficient (Wildman–Crippen LogP) is 2.90. The Bertz CT molecular complexity index is 747. The largest absolute Gasteiger partial charge is 0.467 e. The van der Waals surface area contributed by atoms with Crippen molar-refractivity contribution in [2.75, 3.05) is 11.9 Å². The summed E-state index contributed by atoms with van der Waals surface area (Å²) in [6, 6.07) is 12.6. The fourth-order valence-electron chi connectivity index (χ4n) is 2.20. The van der Waals surface area contributed by atoms with E-state index in [1.807, 2.05) is 30.3 Å². The molecule has 1 aromatic carbocycles. The van der Waals surface area contributed by atoms with E-state index in [4.69, 9.17) is 4.42 Å². The molecule has 2 heterocycles. The van der Waals surface area contributed by atoms with Gasteiger partial charge < -0.3 is 14.4 Å². The van der Waals surface area contributed by atoms with E-state index in [1.165, 1.54) is 28.0 Å². The van der Waals surface area contributed by atoms with E-state index in [1.54, 1.807) is 12.1 Å². The van der Waals surface area contributed by atoms with Gasteiger partial charge in [-0.1, -0.05) is 41.7 Å². The molecule has 0 saturated heterocycles. The highest BCUT2D eigenvalue weighted by atomic mass is 32.1. The molecule has 1 atom stereocenters. The smallest absolute Gasteiger partial charge is 0.324 e. The average molecular weight is 344 g/mol. The lowest BCUT2D eigenvalue weighted by atomic mass is 10.2. The van der Waals surface area contributed by atoms with Crippen molar-refractivity contribution in [1.82, 2.24) is 15.1 Å². The molecule has 0 spiro atoms. The van der Waals surface area contributed by atoms with Gasteiger partial charge in [0.15, 0.2) is 0 Å². The summed E-state index contributed by atoms with van der Waals surface area (Å²) < 4.78 is 5.20. The Morgan fingerprint density at radius 2 is 2.12 bits per heavy atom. The summed E-state index contributed by atoms with van der Waals surface area (Å²) in [6.07, 6.45) is 0.574. The Morgan fingerprint density at radius 3 is 2.79 bits per heavy atom. The lowest BCUT2D eigenvalue weighted by molar-refractivity contribution is 0.105. The standard InChI is InChI=1S/C16H16N4O3S/c21-13(14-7-4-8-23-14)10-20(9-12-5-2-1-3-6-12)16(22)18-15-19-17-11-24-15/h1-8,11,13,21H,9-10H2,(H,18,19,22)/t13-/m0/s1. The highest BCUT2D eigenvalue weighted by Gasteiger charge is 2.21. The number of aliphatic hydroxyl groups is 1. The van der Waals surface area contributed by atoms with Crippen molar-refractivity contribution in [3.63, 3.8) is 0 Å². The SMILES string of the molecule is O=C(Nc1nncs1)N(Cc1ccccc1)C[C@H](O)c1ccco1. The Morgan fingerprint density at radius 1 is 1.29 bits per heavy atom. The average Bonchev–Trinajstić information content (AvgIpc) is 3.29. The molecule has 0 unspecified atom stereocenters. The van der Waals surface area contributed by atoms with Crippen LogP contribution in [0.25, 0.3) is 0 Å². The third kappa shape index (κ3) is 4.18. The zero-order valence-electron chi connectivity index (χ0n) is 12.7. The molecular weight excluding hydrogens is 328 g/mol. The number of nitrogens with zero attached hydrogens (tertiary/aromatic N) is 3. The van der Waals surface area contributed by atoms with Gasteiger partial charge >= 0.3 is 6.03 Å². The summed E-state index contributed by atoms with van der Waals surface area (Å²) in [5.41, 5.74) is 2.49. The molecular formula is C16H16N4O3S. The van der Waals surface area contributed by atoms with Crippen LogP contribution in [0.3, 0.4) is 0 Å². The summed E-state index contributed by atoms with van der Waals surface area (Å²) in [7, 11) is 0. The van der Waals surface area contributed by atoms with E-state index in [9.17, 15) is 9.90 Å². The van der Waals surface area contributed by atoms with Crippen LogP contribution in [0.5, 0.6) is 0 Å². The Hall–Kier alpha value is -2.71. The first-order chi connectivity index (χ1) is 11.7. The number of nitrogens with one attached hydrogen (secondary N) is 1.